The normalized spacial score (nSPS) is 23.5. The van der Waals surface area contributed by atoms with E-state index < -0.39 is 0 Å². The van der Waals surface area contributed by atoms with Crippen molar-refractivity contribution < 1.29 is 0 Å². The van der Waals surface area contributed by atoms with Crippen molar-refractivity contribution in [2.24, 2.45) is 11.7 Å². The number of hydrogen-bond donors (Lipinski definition) is 1. The largest absolute Gasteiger partial charge is 0.330 e. The van der Waals surface area contributed by atoms with Crippen LogP contribution in [0.4, 0.5) is 0 Å². The number of nitrogens with two attached hydrogens (primary N) is 1. The van der Waals surface area contributed by atoms with Gasteiger partial charge in [-0.1, -0.05) is 6.92 Å². The van der Waals surface area contributed by atoms with E-state index in [2.05, 4.69) is 28.9 Å². The van der Waals surface area contributed by atoms with Crippen LogP contribution in [0.1, 0.15) is 31.2 Å². The summed E-state index contributed by atoms with van der Waals surface area (Å²) in [5, 5.41) is 0. The third-order valence-electron chi connectivity index (χ3n) is 3.68. The zero-order chi connectivity index (χ0) is 12.1. The van der Waals surface area contributed by atoms with Gasteiger partial charge in [0.2, 0.25) is 0 Å². The predicted molar refractivity (Wildman–Crippen MR) is 70.9 cm³/mol. The summed E-state index contributed by atoms with van der Waals surface area (Å²) in [6.45, 7) is 6.60. The van der Waals surface area contributed by atoms with Crippen molar-refractivity contribution in [1.29, 1.82) is 0 Å². The van der Waals surface area contributed by atoms with Gasteiger partial charge in [0, 0.05) is 37.9 Å². The Morgan fingerprint density at radius 3 is 2.88 bits per heavy atom. The summed E-state index contributed by atoms with van der Waals surface area (Å²) in [6, 6.07) is 4.18. The minimum Gasteiger partial charge on any atom is -0.330 e. The molecule has 2 N–H and O–H groups in total. The van der Waals surface area contributed by atoms with E-state index in [1.165, 1.54) is 31.5 Å². The highest BCUT2D eigenvalue weighted by molar-refractivity contribution is 5.16. The summed E-state index contributed by atoms with van der Waals surface area (Å²) in [5.41, 5.74) is 7.23. The monoisotopic (exact) mass is 233 g/mol. The Hall–Kier alpha value is -0.930. The summed E-state index contributed by atoms with van der Waals surface area (Å²) in [7, 11) is 0. The fraction of sp³-hybridized carbons (Fsp3) is 0.643. The Labute approximate surface area is 104 Å². The lowest BCUT2D eigenvalue weighted by Gasteiger charge is -2.33. The number of rotatable bonds is 4. The maximum Gasteiger partial charge on any atom is 0.0270 e. The molecule has 0 radical (unpaired) electrons. The van der Waals surface area contributed by atoms with E-state index in [0.29, 0.717) is 5.92 Å². The molecule has 2 heterocycles. The molecule has 17 heavy (non-hydrogen) atoms. The second kappa shape index (κ2) is 6.12. The molecule has 0 aromatic carbocycles. The van der Waals surface area contributed by atoms with E-state index in [0.717, 1.165) is 19.0 Å². The van der Waals surface area contributed by atoms with Gasteiger partial charge in [0.15, 0.2) is 0 Å². The summed E-state index contributed by atoms with van der Waals surface area (Å²) >= 11 is 0. The van der Waals surface area contributed by atoms with Gasteiger partial charge in [-0.25, -0.2) is 0 Å². The third kappa shape index (κ3) is 3.51. The molecule has 0 bridgehead atoms. The fourth-order valence-corrected chi connectivity index (χ4v) is 2.72. The van der Waals surface area contributed by atoms with Crippen LogP contribution in [0.3, 0.4) is 0 Å². The maximum absolute atomic E-state index is 5.91. The zero-order valence-electron chi connectivity index (χ0n) is 10.7. The van der Waals surface area contributed by atoms with Crippen molar-refractivity contribution in [1.82, 2.24) is 9.88 Å². The van der Waals surface area contributed by atoms with Crippen LogP contribution in [0.2, 0.25) is 0 Å². The summed E-state index contributed by atoms with van der Waals surface area (Å²) in [4.78, 5) is 6.63. The summed E-state index contributed by atoms with van der Waals surface area (Å²) in [6.07, 6.45) is 6.42. The average molecular weight is 233 g/mol. The lowest BCUT2D eigenvalue weighted by Crippen LogP contribution is -2.38. The van der Waals surface area contributed by atoms with E-state index in [4.69, 9.17) is 5.73 Å². The van der Waals surface area contributed by atoms with Crippen LogP contribution in [0.25, 0.3) is 0 Å². The second-order valence-corrected chi connectivity index (χ2v) is 5.22. The number of aromatic nitrogens is 1. The molecule has 3 heteroatoms. The minimum atomic E-state index is 0.447. The molecule has 0 aliphatic carbocycles. The molecule has 94 valence electrons. The molecule has 2 atom stereocenters. The quantitative estimate of drug-likeness (QED) is 0.863. The Morgan fingerprint density at radius 1 is 1.47 bits per heavy atom. The van der Waals surface area contributed by atoms with Gasteiger partial charge in [0.25, 0.3) is 0 Å². The molecule has 1 aliphatic heterocycles. The Morgan fingerprint density at radius 2 is 2.24 bits per heavy atom. The van der Waals surface area contributed by atoms with Crippen molar-refractivity contribution >= 4 is 0 Å². The number of hydrogen-bond acceptors (Lipinski definition) is 3. The van der Waals surface area contributed by atoms with Crippen LogP contribution < -0.4 is 5.73 Å². The van der Waals surface area contributed by atoms with Gasteiger partial charge >= 0.3 is 0 Å². The molecule has 1 aromatic rings. The molecule has 0 spiro atoms. The zero-order valence-corrected chi connectivity index (χ0v) is 10.7. The Balaban J connectivity index is 1.95. The molecule has 2 unspecified atom stereocenters. The fourth-order valence-electron chi connectivity index (χ4n) is 2.72. The first kappa shape index (κ1) is 12.5. The van der Waals surface area contributed by atoms with Gasteiger partial charge in [0.05, 0.1) is 0 Å². The molecule has 3 nitrogen and oxygen atoms in total. The van der Waals surface area contributed by atoms with E-state index in [-0.39, 0.29) is 0 Å². The predicted octanol–water partition coefficient (Wildman–Crippen LogP) is 1.86. The number of nitrogens with zero attached hydrogens (tertiary/aromatic N) is 2. The van der Waals surface area contributed by atoms with Crippen molar-refractivity contribution in [2.75, 3.05) is 26.2 Å². The van der Waals surface area contributed by atoms with Crippen LogP contribution in [0.5, 0.6) is 0 Å². The van der Waals surface area contributed by atoms with E-state index in [1.54, 1.807) is 0 Å². The van der Waals surface area contributed by atoms with Crippen molar-refractivity contribution in [3.05, 3.63) is 30.1 Å². The average Bonchev–Trinajstić information content (AvgIpc) is 2.37. The van der Waals surface area contributed by atoms with Crippen molar-refractivity contribution in [3.8, 4) is 0 Å². The number of likely N-dealkylation sites (tertiary alicyclic amines) is 1. The van der Waals surface area contributed by atoms with Crippen LogP contribution in [-0.4, -0.2) is 36.1 Å². The lowest BCUT2D eigenvalue weighted by molar-refractivity contribution is 0.175. The Bertz CT molecular complexity index is 325. The number of pyridine rings is 1. The smallest absolute Gasteiger partial charge is 0.0270 e. The molecule has 1 saturated heterocycles. The highest BCUT2D eigenvalue weighted by atomic mass is 15.1. The topological polar surface area (TPSA) is 42.1 Å². The summed E-state index contributed by atoms with van der Waals surface area (Å²) < 4.78 is 0. The third-order valence-corrected chi connectivity index (χ3v) is 3.68. The van der Waals surface area contributed by atoms with Gasteiger partial charge in [-0.3, -0.25) is 4.98 Å². The SMILES string of the molecule is CC1CCCN(CC(CN)c2ccncc2)C1. The van der Waals surface area contributed by atoms with Crippen LogP contribution in [0, 0.1) is 5.92 Å². The van der Waals surface area contributed by atoms with Crippen LogP contribution in [0.15, 0.2) is 24.5 Å². The van der Waals surface area contributed by atoms with Gasteiger partial charge in [-0.05, 0) is 43.0 Å². The molecule has 2 rings (SSSR count). The minimum absolute atomic E-state index is 0.447. The van der Waals surface area contributed by atoms with Crippen LogP contribution >= 0.6 is 0 Å². The molecular weight excluding hydrogens is 210 g/mol. The lowest BCUT2D eigenvalue weighted by atomic mass is 9.96. The molecule has 0 saturated carbocycles. The molecular formula is C14H23N3. The van der Waals surface area contributed by atoms with E-state index in [9.17, 15) is 0 Å². The van der Waals surface area contributed by atoms with Crippen LogP contribution in [-0.2, 0) is 0 Å². The first-order valence-corrected chi connectivity index (χ1v) is 6.62. The van der Waals surface area contributed by atoms with E-state index >= 15 is 0 Å². The first-order valence-electron chi connectivity index (χ1n) is 6.62. The van der Waals surface area contributed by atoms with Crippen molar-refractivity contribution in [3.63, 3.8) is 0 Å². The maximum atomic E-state index is 5.91. The molecule has 1 aliphatic rings. The summed E-state index contributed by atoms with van der Waals surface area (Å²) in [5.74, 6) is 1.28. The van der Waals surface area contributed by atoms with E-state index in [1.807, 2.05) is 12.4 Å². The van der Waals surface area contributed by atoms with Gasteiger partial charge in [0.1, 0.15) is 0 Å². The standard InChI is InChI=1S/C14H23N3/c1-12-3-2-8-17(10-12)11-14(9-15)13-4-6-16-7-5-13/h4-7,12,14H,2-3,8-11,15H2,1H3. The second-order valence-electron chi connectivity index (χ2n) is 5.22. The Kier molecular flexibility index (Phi) is 4.51. The van der Waals surface area contributed by atoms with Gasteiger partial charge < -0.3 is 10.6 Å². The molecule has 0 amide bonds. The molecule has 1 aromatic heterocycles. The van der Waals surface area contributed by atoms with Gasteiger partial charge in [-0.2, -0.15) is 0 Å². The van der Waals surface area contributed by atoms with Gasteiger partial charge in [-0.15, -0.1) is 0 Å². The number of piperidine rings is 1. The highest BCUT2D eigenvalue weighted by Gasteiger charge is 2.20. The van der Waals surface area contributed by atoms with Crippen molar-refractivity contribution in [2.45, 2.75) is 25.7 Å². The first-order chi connectivity index (χ1) is 8.29. The molecule has 1 fully saturated rings. The highest BCUT2D eigenvalue weighted by Crippen LogP contribution is 2.20.